The highest BCUT2D eigenvalue weighted by molar-refractivity contribution is 7.47. The number of unbranched alkanes of at least 4 members (excludes halogenated alkanes) is 19. The molecule has 1 aliphatic carbocycles. The average Bonchev–Trinajstić information content (AvgIpc) is 3.23. The highest BCUT2D eigenvalue weighted by Gasteiger charge is 2.51. The number of aliphatic hydroxyl groups excluding tert-OH is 5. The number of hydrogen-bond donors (Lipinski definition) is 6. The molecule has 13 heteroatoms. The summed E-state index contributed by atoms with van der Waals surface area (Å²) in [5, 5.41) is 50.2. The van der Waals surface area contributed by atoms with Gasteiger partial charge in [-0.1, -0.05) is 152 Å². The van der Waals surface area contributed by atoms with Crippen molar-refractivity contribution in [1.29, 1.82) is 0 Å². The quantitative estimate of drug-likeness (QED) is 0.0149. The Morgan fingerprint density at radius 2 is 0.967 bits per heavy atom. The lowest BCUT2D eigenvalue weighted by Gasteiger charge is -2.41. The number of aliphatic hydroxyl groups is 5. The number of phosphoric ester groups is 1. The summed E-state index contributed by atoms with van der Waals surface area (Å²) in [7, 11) is -5.02. The van der Waals surface area contributed by atoms with E-state index >= 15 is 0 Å². The van der Waals surface area contributed by atoms with Crippen LogP contribution < -0.4 is 0 Å². The van der Waals surface area contributed by atoms with Crippen LogP contribution in [0.5, 0.6) is 0 Å². The minimum Gasteiger partial charge on any atom is -0.457 e. The molecule has 0 aliphatic heterocycles. The molecule has 1 fully saturated rings. The van der Waals surface area contributed by atoms with E-state index in [4.69, 9.17) is 18.5 Å². The molecule has 12 nitrogen and oxygen atoms in total. The fourth-order valence-corrected chi connectivity index (χ4v) is 7.87. The Kier molecular flexibility index (Phi) is 35.5. The molecular weight excluding hydrogens is 787 g/mol. The van der Waals surface area contributed by atoms with Crippen molar-refractivity contribution < 1.29 is 58.3 Å². The maximum absolute atomic E-state index is 12.8. The summed E-state index contributed by atoms with van der Waals surface area (Å²) >= 11 is 0. The molecule has 0 saturated heterocycles. The lowest BCUT2D eigenvalue weighted by atomic mass is 9.85. The van der Waals surface area contributed by atoms with Crippen LogP contribution in [-0.2, 0) is 27.9 Å². The molecule has 1 rings (SSSR count). The lowest BCUT2D eigenvalue weighted by Crippen LogP contribution is -2.64. The Hall–Kier alpha value is -1.70. The molecular formula is C47H85O12P. The largest absolute Gasteiger partial charge is 0.472 e. The van der Waals surface area contributed by atoms with E-state index in [1.54, 1.807) is 0 Å². The van der Waals surface area contributed by atoms with Gasteiger partial charge in [0.2, 0.25) is 0 Å². The smallest absolute Gasteiger partial charge is 0.457 e. The van der Waals surface area contributed by atoms with Crippen LogP contribution in [0.3, 0.4) is 0 Å². The zero-order chi connectivity index (χ0) is 44.1. The van der Waals surface area contributed by atoms with Crippen LogP contribution >= 0.6 is 7.82 Å². The highest BCUT2D eigenvalue weighted by atomic mass is 31.2. The van der Waals surface area contributed by atoms with Crippen LogP contribution in [0.2, 0.25) is 0 Å². The molecule has 0 heterocycles. The zero-order valence-corrected chi connectivity index (χ0v) is 38.1. The molecule has 0 bridgehead atoms. The molecule has 0 aromatic heterocycles. The molecule has 0 spiro atoms. The summed E-state index contributed by atoms with van der Waals surface area (Å²) in [4.78, 5) is 23.2. The Labute approximate surface area is 363 Å². The van der Waals surface area contributed by atoms with E-state index in [0.29, 0.717) is 13.0 Å². The van der Waals surface area contributed by atoms with E-state index in [0.717, 1.165) is 83.5 Å². The van der Waals surface area contributed by atoms with Gasteiger partial charge in [-0.2, -0.15) is 0 Å². The first kappa shape index (κ1) is 56.3. The van der Waals surface area contributed by atoms with Crippen molar-refractivity contribution >= 4 is 13.8 Å². The van der Waals surface area contributed by atoms with Gasteiger partial charge in [-0.25, -0.2) is 4.57 Å². The molecule has 1 aliphatic rings. The molecule has 0 aromatic carbocycles. The second-order valence-corrected chi connectivity index (χ2v) is 17.7. The highest BCUT2D eigenvalue weighted by Crippen LogP contribution is 2.47. The van der Waals surface area contributed by atoms with Crippen molar-refractivity contribution in [2.45, 2.75) is 224 Å². The van der Waals surface area contributed by atoms with Gasteiger partial charge in [-0.05, 0) is 70.6 Å². The van der Waals surface area contributed by atoms with Crippen LogP contribution in [0, 0.1) is 0 Å². The van der Waals surface area contributed by atoms with Gasteiger partial charge in [-0.3, -0.25) is 13.8 Å². The Morgan fingerprint density at radius 3 is 1.47 bits per heavy atom. The molecule has 0 amide bonds. The third-order valence-corrected chi connectivity index (χ3v) is 11.6. The fourth-order valence-electron chi connectivity index (χ4n) is 6.89. The molecule has 0 aromatic rings. The van der Waals surface area contributed by atoms with Gasteiger partial charge in [0.05, 0.1) is 13.2 Å². The Balaban J connectivity index is 2.39. The average molecular weight is 873 g/mol. The second-order valence-electron chi connectivity index (χ2n) is 16.2. The number of allylic oxidation sites excluding steroid dienone is 8. The summed E-state index contributed by atoms with van der Waals surface area (Å²) in [6, 6.07) is 0. The maximum atomic E-state index is 12.8. The van der Waals surface area contributed by atoms with Crippen LogP contribution in [0.4, 0.5) is 0 Å². The fraction of sp³-hybridized carbons (Fsp3) is 0.809. The third kappa shape index (κ3) is 29.6. The van der Waals surface area contributed by atoms with Crippen LogP contribution in [0.25, 0.3) is 0 Å². The number of carbonyl (C=O) groups is 1. The molecule has 6 atom stereocenters. The van der Waals surface area contributed by atoms with E-state index in [2.05, 4.69) is 62.5 Å². The minimum absolute atomic E-state index is 0.0865. The number of esters is 1. The topological polar surface area (TPSA) is 192 Å². The van der Waals surface area contributed by atoms with E-state index < -0.39 is 63.1 Å². The summed E-state index contributed by atoms with van der Waals surface area (Å²) in [6.07, 6.45) is 33.2. The summed E-state index contributed by atoms with van der Waals surface area (Å²) < 4.78 is 34.2. The van der Waals surface area contributed by atoms with Crippen molar-refractivity contribution in [3.05, 3.63) is 48.6 Å². The first-order valence-corrected chi connectivity index (χ1v) is 25.0. The van der Waals surface area contributed by atoms with Gasteiger partial charge in [0.15, 0.2) is 0 Å². The summed E-state index contributed by atoms with van der Waals surface area (Å²) in [6.45, 7) is 4.14. The predicted octanol–water partition coefficient (Wildman–Crippen LogP) is 9.64. The number of carbonyl (C=O) groups excluding carboxylic acids is 1. The summed E-state index contributed by atoms with van der Waals surface area (Å²) in [5.41, 5.74) is 0. The maximum Gasteiger partial charge on any atom is 0.472 e. The minimum atomic E-state index is -5.02. The van der Waals surface area contributed by atoms with Crippen molar-refractivity contribution in [2.75, 3.05) is 19.8 Å². The number of hydrogen-bond acceptors (Lipinski definition) is 11. The standard InChI is InChI=1S/C47H85O12P/c1-3-5-7-9-11-13-15-17-19-20-21-22-23-24-26-28-30-32-34-36-41(48)58-40(38-56-37-35-33-31-29-27-25-18-16-14-12-10-8-6-4-2)39-57-60(54,55)59-47-45(52)43(50)42(49)44(51)46(47)53/h8,10-11,13-14,16-17,19,40,42-47,49-53H,3-7,9,12,15,18,20-39H2,1-2H3,(H,54,55)/b10-8-,13-11-,16-14-,19-17-. The van der Waals surface area contributed by atoms with Gasteiger partial charge < -0.3 is 39.9 Å². The van der Waals surface area contributed by atoms with Crippen LogP contribution in [0.15, 0.2) is 48.6 Å². The van der Waals surface area contributed by atoms with Crippen LogP contribution in [0.1, 0.15) is 181 Å². The van der Waals surface area contributed by atoms with Gasteiger partial charge >= 0.3 is 13.8 Å². The monoisotopic (exact) mass is 873 g/mol. The molecule has 6 unspecified atom stereocenters. The third-order valence-electron chi connectivity index (χ3n) is 10.7. The molecule has 6 N–H and O–H groups in total. The van der Waals surface area contributed by atoms with Crippen molar-refractivity contribution in [3.8, 4) is 0 Å². The van der Waals surface area contributed by atoms with Gasteiger partial charge in [0.1, 0.15) is 42.7 Å². The molecule has 1 saturated carbocycles. The van der Waals surface area contributed by atoms with Crippen molar-refractivity contribution in [2.24, 2.45) is 0 Å². The Bertz CT molecular complexity index is 1180. The second kappa shape index (κ2) is 37.8. The SMILES string of the molecule is CCC/C=C\C/C=C\CCCCCCCCOCC(COP(=O)(O)OC1C(O)C(O)C(O)C(O)C1O)OC(=O)CCCCCCCCCCC/C=C\C/C=C\CCCCC. The van der Waals surface area contributed by atoms with Gasteiger partial charge in [-0.15, -0.1) is 0 Å². The van der Waals surface area contributed by atoms with Gasteiger partial charge in [0.25, 0.3) is 0 Å². The lowest BCUT2D eigenvalue weighted by molar-refractivity contribution is -0.220. The zero-order valence-electron chi connectivity index (χ0n) is 37.2. The van der Waals surface area contributed by atoms with Crippen molar-refractivity contribution in [1.82, 2.24) is 0 Å². The van der Waals surface area contributed by atoms with E-state index in [1.165, 1.54) is 70.6 Å². The first-order valence-electron chi connectivity index (χ1n) is 23.5. The molecule has 350 valence electrons. The van der Waals surface area contributed by atoms with E-state index in [-0.39, 0.29) is 13.0 Å². The van der Waals surface area contributed by atoms with Crippen molar-refractivity contribution in [3.63, 3.8) is 0 Å². The number of ether oxygens (including phenoxy) is 2. The predicted molar refractivity (Wildman–Crippen MR) is 239 cm³/mol. The normalized spacial score (nSPS) is 22.7. The van der Waals surface area contributed by atoms with E-state index in [1.807, 2.05) is 0 Å². The Morgan fingerprint density at radius 1 is 0.533 bits per heavy atom. The number of phosphoric acid groups is 1. The number of rotatable bonds is 39. The molecule has 0 radical (unpaired) electrons. The van der Waals surface area contributed by atoms with Crippen LogP contribution in [-0.4, -0.2) is 98.9 Å². The summed E-state index contributed by atoms with van der Waals surface area (Å²) in [5.74, 6) is -0.487. The van der Waals surface area contributed by atoms with E-state index in [9.17, 15) is 39.8 Å². The first-order chi connectivity index (χ1) is 29.0. The van der Waals surface area contributed by atoms with Gasteiger partial charge in [0, 0.05) is 13.0 Å². The molecule has 60 heavy (non-hydrogen) atoms.